The molecule has 3 nitrogen and oxygen atoms in total. The first-order chi connectivity index (χ1) is 9.90. The zero-order chi connectivity index (χ0) is 15.6. The Morgan fingerprint density at radius 3 is 2.76 bits per heavy atom. The molecule has 1 fully saturated rings. The Labute approximate surface area is 125 Å². The molecular weight excluding hydrogens is 269 g/mol. The first-order valence-corrected chi connectivity index (χ1v) is 7.65. The van der Waals surface area contributed by atoms with Crippen molar-refractivity contribution in [3.05, 3.63) is 29.6 Å². The average Bonchev–Trinajstić information content (AvgIpc) is 2.41. The molecule has 1 saturated carbocycles. The van der Waals surface area contributed by atoms with Crippen LogP contribution >= 0.6 is 0 Å². The summed E-state index contributed by atoms with van der Waals surface area (Å²) in [4.78, 5) is 12.3. The minimum absolute atomic E-state index is 0.107. The van der Waals surface area contributed by atoms with Crippen molar-refractivity contribution in [1.29, 1.82) is 0 Å². The minimum Gasteiger partial charge on any atom is -0.458 e. The molecule has 21 heavy (non-hydrogen) atoms. The Kier molecular flexibility index (Phi) is 4.86. The van der Waals surface area contributed by atoms with E-state index < -0.39 is 11.8 Å². The fraction of sp³-hybridized carbons (Fsp3) is 0.588. The van der Waals surface area contributed by atoms with Crippen molar-refractivity contribution in [2.24, 2.45) is 17.8 Å². The number of esters is 1. The lowest BCUT2D eigenvalue weighted by Gasteiger charge is -2.36. The molecule has 2 rings (SSSR count). The molecule has 1 aliphatic rings. The number of carbonyl (C=O) groups is 1. The highest BCUT2D eigenvalue weighted by Gasteiger charge is 2.34. The number of halogens is 1. The highest BCUT2D eigenvalue weighted by molar-refractivity contribution is 5.95. The van der Waals surface area contributed by atoms with E-state index in [9.17, 15) is 9.18 Å². The van der Waals surface area contributed by atoms with Gasteiger partial charge in [-0.25, -0.2) is 9.18 Å². The van der Waals surface area contributed by atoms with Gasteiger partial charge in [0.2, 0.25) is 0 Å². The molecule has 1 aromatic carbocycles. The predicted octanol–water partition coefficient (Wildman–Crippen LogP) is 4.03. The quantitative estimate of drug-likeness (QED) is 0.676. The van der Waals surface area contributed by atoms with Crippen molar-refractivity contribution in [2.75, 3.05) is 5.73 Å². The SMILES string of the molecule is CC1CCC(C(C)C)C(OC(=O)c2cccc(F)c2N)C1. The number of carbonyl (C=O) groups excluding carboxylic acids is 1. The second kappa shape index (κ2) is 6.46. The van der Waals surface area contributed by atoms with Crippen molar-refractivity contribution in [3.8, 4) is 0 Å². The van der Waals surface area contributed by atoms with Gasteiger partial charge >= 0.3 is 5.97 Å². The largest absolute Gasteiger partial charge is 0.458 e. The van der Waals surface area contributed by atoms with E-state index in [0.29, 0.717) is 17.8 Å². The summed E-state index contributed by atoms with van der Waals surface area (Å²) in [6, 6.07) is 4.23. The molecule has 3 atom stereocenters. The summed E-state index contributed by atoms with van der Waals surface area (Å²) in [5.74, 6) is 0.265. The van der Waals surface area contributed by atoms with Crippen LogP contribution in [0.5, 0.6) is 0 Å². The lowest BCUT2D eigenvalue weighted by molar-refractivity contribution is -0.0173. The summed E-state index contributed by atoms with van der Waals surface area (Å²) in [7, 11) is 0. The van der Waals surface area contributed by atoms with Crippen LogP contribution in [-0.2, 0) is 4.74 Å². The van der Waals surface area contributed by atoms with Gasteiger partial charge in [-0.15, -0.1) is 0 Å². The maximum absolute atomic E-state index is 13.5. The van der Waals surface area contributed by atoms with Crippen molar-refractivity contribution in [3.63, 3.8) is 0 Å². The smallest absolute Gasteiger partial charge is 0.340 e. The topological polar surface area (TPSA) is 52.3 Å². The van der Waals surface area contributed by atoms with Crippen LogP contribution in [0, 0.1) is 23.6 Å². The van der Waals surface area contributed by atoms with Crippen LogP contribution in [0.3, 0.4) is 0 Å². The zero-order valence-corrected chi connectivity index (χ0v) is 12.9. The number of hydrogen-bond acceptors (Lipinski definition) is 3. The molecule has 0 bridgehead atoms. The van der Waals surface area contributed by atoms with E-state index in [-0.39, 0.29) is 17.4 Å². The molecule has 0 aromatic heterocycles. The van der Waals surface area contributed by atoms with Gasteiger partial charge < -0.3 is 10.5 Å². The van der Waals surface area contributed by atoms with Gasteiger partial charge in [-0.1, -0.05) is 33.3 Å². The number of nitrogens with two attached hydrogens (primary N) is 1. The number of anilines is 1. The highest BCUT2D eigenvalue weighted by Crippen LogP contribution is 2.36. The molecule has 0 spiro atoms. The summed E-state index contributed by atoms with van der Waals surface area (Å²) in [6.07, 6.45) is 2.99. The predicted molar refractivity (Wildman–Crippen MR) is 81.4 cm³/mol. The first-order valence-electron chi connectivity index (χ1n) is 7.65. The molecule has 116 valence electrons. The van der Waals surface area contributed by atoms with Crippen LogP contribution < -0.4 is 5.73 Å². The fourth-order valence-electron chi connectivity index (χ4n) is 3.17. The second-order valence-electron chi connectivity index (χ2n) is 6.47. The van der Waals surface area contributed by atoms with Gasteiger partial charge in [0.15, 0.2) is 0 Å². The molecule has 1 aliphatic carbocycles. The third-order valence-electron chi connectivity index (χ3n) is 4.49. The van der Waals surface area contributed by atoms with Gasteiger partial charge in [0.1, 0.15) is 11.9 Å². The number of nitrogen functional groups attached to an aromatic ring is 1. The fourth-order valence-corrected chi connectivity index (χ4v) is 3.17. The Balaban J connectivity index is 2.14. The number of benzene rings is 1. The zero-order valence-electron chi connectivity index (χ0n) is 12.9. The maximum atomic E-state index is 13.5. The van der Waals surface area contributed by atoms with E-state index in [4.69, 9.17) is 10.5 Å². The van der Waals surface area contributed by atoms with Crippen LogP contribution in [0.1, 0.15) is 50.4 Å². The van der Waals surface area contributed by atoms with Gasteiger partial charge in [-0.05, 0) is 42.7 Å². The summed E-state index contributed by atoms with van der Waals surface area (Å²) >= 11 is 0. The van der Waals surface area contributed by atoms with Gasteiger partial charge in [-0.3, -0.25) is 0 Å². The summed E-state index contributed by atoms with van der Waals surface area (Å²) in [5.41, 5.74) is 5.62. The van der Waals surface area contributed by atoms with E-state index >= 15 is 0 Å². The van der Waals surface area contributed by atoms with Crippen LogP contribution in [-0.4, -0.2) is 12.1 Å². The van der Waals surface area contributed by atoms with Crippen molar-refractivity contribution in [2.45, 2.75) is 46.1 Å². The lowest BCUT2D eigenvalue weighted by atomic mass is 9.75. The second-order valence-corrected chi connectivity index (χ2v) is 6.47. The molecule has 1 aromatic rings. The summed E-state index contributed by atoms with van der Waals surface area (Å²) in [5, 5.41) is 0. The van der Waals surface area contributed by atoms with Crippen LogP contribution in [0.25, 0.3) is 0 Å². The molecule has 0 radical (unpaired) electrons. The third-order valence-corrected chi connectivity index (χ3v) is 4.49. The highest BCUT2D eigenvalue weighted by atomic mass is 19.1. The van der Waals surface area contributed by atoms with Gasteiger partial charge in [0.25, 0.3) is 0 Å². The molecule has 0 amide bonds. The van der Waals surface area contributed by atoms with Crippen molar-refractivity contribution in [1.82, 2.24) is 0 Å². The third kappa shape index (κ3) is 3.55. The van der Waals surface area contributed by atoms with Crippen molar-refractivity contribution >= 4 is 11.7 Å². The number of ether oxygens (including phenoxy) is 1. The molecule has 3 unspecified atom stereocenters. The van der Waals surface area contributed by atoms with E-state index in [0.717, 1.165) is 12.8 Å². The number of rotatable bonds is 3. The Morgan fingerprint density at radius 1 is 1.38 bits per heavy atom. The standard InChI is InChI=1S/C17H24FNO2/c1-10(2)12-8-7-11(3)9-15(12)21-17(20)13-5-4-6-14(18)16(13)19/h4-6,10-12,15H,7-9,19H2,1-3H3. The molecule has 0 aliphatic heterocycles. The molecule has 2 N–H and O–H groups in total. The summed E-state index contributed by atoms with van der Waals surface area (Å²) < 4.78 is 19.1. The maximum Gasteiger partial charge on any atom is 0.340 e. The Morgan fingerprint density at radius 2 is 2.10 bits per heavy atom. The monoisotopic (exact) mass is 293 g/mol. The lowest BCUT2D eigenvalue weighted by Crippen LogP contribution is -2.36. The van der Waals surface area contributed by atoms with E-state index in [1.165, 1.54) is 24.6 Å². The van der Waals surface area contributed by atoms with Crippen LogP contribution in [0.2, 0.25) is 0 Å². The van der Waals surface area contributed by atoms with Gasteiger partial charge in [0, 0.05) is 0 Å². The van der Waals surface area contributed by atoms with Crippen LogP contribution in [0.4, 0.5) is 10.1 Å². The first kappa shape index (κ1) is 15.8. The van der Waals surface area contributed by atoms with Gasteiger partial charge in [-0.2, -0.15) is 0 Å². The molecular formula is C17H24FNO2. The van der Waals surface area contributed by atoms with Gasteiger partial charge in [0.05, 0.1) is 11.3 Å². The Bertz CT molecular complexity index is 516. The normalized spacial score (nSPS) is 25.9. The van der Waals surface area contributed by atoms with E-state index in [1.807, 2.05) is 0 Å². The van der Waals surface area contributed by atoms with E-state index in [2.05, 4.69) is 20.8 Å². The summed E-state index contributed by atoms with van der Waals surface area (Å²) in [6.45, 7) is 6.48. The van der Waals surface area contributed by atoms with E-state index in [1.54, 1.807) is 0 Å². The minimum atomic E-state index is -0.582. The average molecular weight is 293 g/mol. The molecule has 0 saturated heterocycles. The number of para-hydroxylation sites is 1. The Hall–Kier alpha value is -1.58. The number of hydrogen-bond donors (Lipinski definition) is 1. The molecule has 4 heteroatoms. The van der Waals surface area contributed by atoms with Crippen molar-refractivity contribution < 1.29 is 13.9 Å². The molecule has 0 heterocycles. The van der Waals surface area contributed by atoms with Crippen LogP contribution in [0.15, 0.2) is 18.2 Å².